The van der Waals surface area contributed by atoms with Crippen molar-refractivity contribution < 1.29 is 4.84 Å². The van der Waals surface area contributed by atoms with Gasteiger partial charge in [-0.15, -0.1) is 0 Å². The molecule has 0 saturated heterocycles. The van der Waals surface area contributed by atoms with Gasteiger partial charge in [0.25, 0.3) is 0 Å². The monoisotopic (exact) mass is 143 g/mol. The van der Waals surface area contributed by atoms with Gasteiger partial charge in [0.2, 0.25) is 0 Å². The maximum Gasteiger partial charge on any atom is 0.122 e. The summed E-state index contributed by atoms with van der Waals surface area (Å²) in [6.45, 7) is 10.1. The van der Waals surface area contributed by atoms with Crippen molar-refractivity contribution in [3.8, 4) is 0 Å². The third-order valence-corrected chi connectivity index (χ3v) is 1.24. The summed E-state index contributed by atoms with van der Waals surface area (Å²) in [5.74, 6) is 0.485. The van der Waals surface area contributed by atoms with Crippen LogP contribution in [0.2, 0.25) is 0 Å². The number of oxime groups is 1. The zero-order valence-corrected chi connectivity index (χ0v) is 7.51. The average molecular weight is 143 g/mol. The molecule has 0 N–H and O–H groups in total. The lowest BCUT2D eigenvalue weighted by molar-refractivity contribution is 0.0847. The van der Waals surface area contributed by atoms with Crippen LogP contribution in [-0.2, 0) is 4.84 Å². The molecule has 0 saturated carbocycles. The Balaban J connectivity index is 3.69. The van der Waals surface area contributed by atoms with E-state index in [-0.39, 0.29) is 6.10 Å². The normalized spacial score (nSPS) is 12.9. The van der Waals surface area contributed by atoms with E-state index in [1.807, 2.05) is 20.8 Å². The van der Waals surface area contributed by atoms with Crippen molar-refractivity contribution in [3.05, 3.63) is 0 Å². The molecule has 0 rings (SSSR count). The fraction of sp³-hybridized carbons (Fsp3) is 0.875. The van der Waals surface area contributed by atoms with Crippen molar-refractivity contribution in [1.82, 2.24) is 0 Å². The van der Waals surface area contributed by atoms with E-state index < -0.39 is 0 Å². The van der Waals surface area contributed by atoms with E-state index in [1.165, 1.54) is 0 Å². The highest BCUT2D eigenvalue weighted by Crippen LogP contribution is 1.98. The highest BCUT2D eigenvalue weighted by atomic mass is 16.6. The van der Waals surface area contributed by atoms with E-state index in [0.717, 1.165) is 5.71 Å². The highest BCUT2D eigenvalue weighted by Gasteiger charge is 1.98. The first-order valence-corrected chi connectivity index (χ1v) is 3.74. The summed E-state index contributed by atoms with van der Waals surface area (Å²) < 4.78 is 0. The second-order valence-electron chi connectivity index (χ2n) is 3.04. The smallest absolute Gasteiger partial charge is 0.122 e. The molecule has 0 aromatic heterocycles. The third-order valence-electron chi connectivity index (χ3n) is 1.24. The van der Waals surface area contributed by atoms with Crippen LogP contribution in [0.15, 0.2) is 5.16 Å². The molecule has 0 aliphatic rings. The van der Waals surface area contributed by atoms with Gasteiger partial charge in [-0.25, -0.2) is 0 Å². The Morgan fingerprint density at radius 1 is 1.20 bits per heavy atom. The van der Waals surface area contributed by atoms with Gasteiger partial charge in [0.1, 0.15) is 6.10 Å². The quantitative estimate of drug-likeness (QED) is 0.439. The van der Waals surface area contributed by atoms with Crippen LogP contribution in [-0.4, -0.2) is 11.8 Å². The topological polar surface area (TPSA) is 21.6 Å². The zero-order valence-electron chi connectivity index (χ0n) is 7.51. The standard InChI is InChI=1S/C8H17NO/c1-6(2)8(5)9-10-7(3)4/h6-7H,1-5H3. The predicted molar refractivity (Wildman–Crippen MR) is 44.2 cm³/mol. The molecule has 10 heavy (non-hydrogen) atoms. The van der Waals surface area contributed by atoms with Gasteiger partial charge in [-0.1, -0.05) is 19.0 Å². The molecule has 2 nitrogen and oxygen atoms in total. The van der Waals surface area contributed by atoms with E-state index in [1.54, 1.807) is 0 Å². The first-order chi connectivity index (χ1) is 4.54. The largest absolute Gasteiger partial charge is 0.393 e. The van der Waals surface area contributed by atoms with E-state index >= 15 is 0 Å². The van der Waals surface area contributed by atoms with Crippen molar-refractivity contribution in [3.63, 3.8) is 0 Å². The molecule has 0 aromatic rings. The second kappa shape index (κ2) is 4.31. The second-order valence-corrected chi connectivity index (χ2v) is 3.04. The maximum absolute atomic E-state index is 5.05. The lowest BCUT2D eigenvalue weighted by Gasteiger charge is -2.05. The molecule has 0 amide bonds. The number of rotatable bonds is 3. The molecule has 60 valence electrons. The number of nitrogens with zero attached hydrogens (tertiary/aromatic N) is 1. The SMILES string of the molecule is CC(=NOC(C)C)C(C)C. The minimum atomic E-state index is 0.189. The first-order valence-electron chi connectivity index (χ1n) is 3.74. The Bertz CT molecular complexity index is 116. The molecular weight excluding hydrogens is 126 g/mol. The van der Waals surface area contributed by atoms with Gasteiger partial charge in [-0.3, -0.25) is 0 Å². The molecule has 2 heteroatoms. The predicted octanol–water partition coefficient (Wildman–Crippen LogP) is 2.44. The lowest BCUT2D eigenvalue weighted by atomic mass is 10.1. The minimum absolute atomic E-state index is 0.189. The van der Waals surface area contributed by atoms with Gasteiger partial charge in [0.15, 0.2) is 0 Å². The van der Waals surface area contributed by atoms with Crippen molar-refractivity contribution >= 4 is 5.71 Å². The van der Waals surface area contributed by atoms with E-state index in [0.29, 0.717) is 5.92 Å². The molecule has 0 aliphatic heterocycles. The molecule has 0 spiro atoms. The summed E-state index contributed by atoms with van der Waals surface area (Å²) in [5.41, 5.74) is 1.05. The van der Waals surface area contributed by atoms with Crippen molar-refractivity contribution in [1.29, 1.82) is 0 Å². The fourth-order valence-corrected chi connectivity index (χ4v) is 0.294. The Morgan fingerprint density at radius 2 is 1.70 bits per heavy atom. The van der Waals surface area contributed by atoms with Crippen molar-refractivity contribution in [2.75, 3.05) is 0 Å². The molecule has 0 aromatic carbocycles. The van der Waals surface area contributed by atoms with Gasteiger partial charge in [-0.05, 0) is 26.7 Å². The molecule has 0 heterocycles. The third kappa shape index (κ3) is 4.36. The Hall–Kier alpha value is -0.530. The number of hydrogen-bond acceptors (Lipinski definition) is 2. The van der Waals surface area contributed by atoms with Crippen LogP contribution in [0.3, 0.4) is 0 Å². The fourth-order valence-electron chi connectivity index (χ4n) is 0.294. The van der Waals surface area contributed by atoms with E-state index in [9.17, 15) is 0 Å². The maximum atomic E-state index is 5.05. The summed E-state index contributed by atoms with van der Waals surface area (Å²) in [4.78, 5) is 5.05. The zero-order chi connectivity index (χ0) is 8.15. The summed E-state index contributed by atoms with van der Waals surface area (Å²) in [6.07, 6.45) is 0.189. The van der Waals surface area contributed by atoms with Crippen LogP contribution in [0.5, 0.6) is 0 Å². The molecule has 0 fully saturated rings. The Labute approximate surface area is 63.3 Å². The Kier molecular flexibility index (Phi) is 4.08. The molecule has 0 bridgehead atoms. The molecular formula is C8H17NO. The molecule has 0 aliphatic carbocycles. The average Bonchev–Trinajstić information content (AvgIpc) is 1.82. The van der Waals surface area contributed by atoms with Gasteiger partial charge in [0.05, 0.1) is 5.71 Å². The van der Waals surface area contributed by atoms with Crippen molar-refractivity contribution in [2.24, 2.45) is 11.1 Å². The van der Waals surface area contributed by atoms with Crippen LogP contribution >= 0.6 is 0 Å². The van der Waals surface area contributed by atoms with Gasteiger partial charge < -0.3 is 4.84 Å². The summed E-state index contributed by atoms with van der Waals surface area (Å²) in [5, 5.41) is 3.94. The summed E-state index contributed by atoms with van der Waals surface area (Å²) in [6, 6.07) is 0. The molecule has 0 radical (unpaired) electrons. The van der Waals surface area contributed by atoms with Crippen LogP contribution in [0.4, 0.5) is 0 Å². The Morgan fingerprint density at radius 3 is 2.00 bits per heavy atom. The van der Waals surface area contributed by atoms with Crippen LogP contribution in [0.1, 0.15) is 34.6 Å². The van der Waals surface area contributed by atoms with Crippen molar-refractivity contribution in [2.45, 2.75) is 40.7 Å². The summed E-state index contributed by atoms with van der Waals surface area (Å²) in [7, 11) is 0. The summed E-state index contributed by atoms with van der Waals surface area (Å²) >= 11 is 0. The highest BCUT2D eigenvalue weighted by molar-refractivity contribution is 5.83. The van der Waals surface area contributed by atoms with Crippen LogP contribution in [0, 0.1) is 5.92 Å². The van der Waals surface area contributed by atoms with Gasteiger partial charge >= 0.3 is 0 Å². The first kappa shape index (κ1) is 9.47. The van der Waals surface area contributed by atoms with Gasteiger partial charge in [0, 0.05) is 0 Å². The van der Waals surface area contributed by atoms with Gasteiger partial charge in [-0.2, -0.15) is 0 Å². The van der Waals surface area contributed by atoms with E-state index in [4.69, 9.17) is 4.84 Å². The lowest BCUT2D eigenvalue weighted by Crippen LogP contribution is -2.05. The van der Waals surface area contributed by atoms with Crippen LogP contribution < -0.4 is 0 Å². The minimum Gasteiger partial charge on any atom is -0.393 e. The molecule has 0 unspecified atom stereocenters. The van der Waals surface area contributed by atoms with Crippen LogP contribution in [0.25, 0.3) is 0 Å². The molecule has 0 atom stereocenters. The number of hydrogen-bond donors (Lipinski definition) is 0. The van der Waals surface area contributed by atoms with E-state index in [2.05, 4.69) is 19.0 Å².